The molecular formula is C36H62N2O2. The summed E-state index contributed by atoms with van der Waals surface area (Å²) in [4.78, 5) is 0. The van der Waals surface area contributed by atoms with Crippen LogP contribution in [0.2, 0.25) is 0 Å². The van der Waals surface area contributed by atoms with Gasteiger partial charge in [-0.15, -0.1) is 0 Å². The van der Waals surface area contributed by atoms with Crippen molar-refractivity contribution in [3.05, 3.63) is 35.4 Å². The molecule has 0 aliphatic heterocycles. The molecule has 0 atom stereocenters. The van der Waals surface area contributed by atoms with E-state index in [0.29, 0.717) is 13.1 Å². The maximum absolute atomic E-state index is 6.23. The molecular weight excluding hydrogens is 492 g/mol. The number of unbranched alkanes of at least 4 members (excludes halogenated alkanes) is 18. The summed E-state index contributed by atoms with van der Waals surface area (Å²) in [6.07, 6.45) is 26.5. The second kappa shape index (κ2) is 22.9. The van der Waals surface area contributed by atoms with Crippen molar-refractivity contribution in [1.82, 2.24) is 0 Å². The van der Waals surface area contributed by atoms with Crippen LogP contribution in [0.1, 0.15) is 153 Å². The second-order valence-electron chi connectivity index (χ2n) is 11.7. The summed E-state index contributed by atoms with van der Waals surface area (Å²) >= 11 is 0. The van der Waals surface area contributed by atoms with Gasteiger partial charge in [0.25, 0.3) is 0 Å². The van der Waals surface area contributed by atoms with Crippen LogP contribution in [0, 0.1) is 0 Å². The summed E-state index contributed by atoms with van der Waals surface area (Å²) in [5.41, 5.74) is 14.3. The second-order valence-corrected chi connectivity index (χ2v) is 11.7. The molecule has 0 aromatic heterocycles. The first-order valence-corrected chi connectivity index (χ1v) is 17.0. The first-order chi connectivity index (χ1) is 19.7. The van der Waals surface area contributed by atoms with E-state index in [2.05, 4.69) is 38.1 Å². The SMILES string of the molecule is CCCCCCCCCCCCOc1cc2cc(OCCCCCCCCCCCC)c(CN)cc2cc1CN. The normalized spacial score (nSPS) is 11.4. The minimum Gasteiger partial charge on any atom is -0.493 e. The topological polar surface area (TPSA) is 70.5 Å². The molecule has 2 rings (SSSR count). The van der Waals surface area contributed by atoms with Gasteiger partial charge >= 0.3 is 0 Å². The van der Waals surface area contributed by atoms with Gasteiger partial charge in [-0.3, -0.25) is 0 Å². The van der Waals surface area contributed by atoms with Gasteiger partial charge in [-0.2, -0.15) is 0 Å². The molecule has 0 heterocycles. The lowest BCUT2D eigenvalue weighted by molar-refractivity contribution is 0.301. The quantitative estimate of drug-likeness (QED) is 0.113. The van der Waals surface area contributed by atoms with Crippen LogP contribution in [-0.2, 0) is 13.1 Å². The number of rotatable bonds is 26. The van der Waals surface area contributed by atoms with E-state index in [4.69, 9.17) is 20.9 Å². The molecule has 40 heavy (non-hydrogen) atoms. The van der Waals surface area contributed by atoms with Crippen molar-refractivity contribution in [3.63, 3.8) is 0 Å². The zero-order chi connectivity index (χ0) is 28.7. The Balaban J connectivity index is 1.76. The zero-order valence-corrected chi connectivity index (χ0v) is 26.3. The standard InChI is InChI=1S/C36H62N2O2/c1-3-5-7-9-11-13-15-17-19-21-23-39-35-27-32-28-36(34(30-38)26-31(32)25-33(35)29-37)40-24-22-20-18-16-14-12-10-8-6-4-2/h25-28H,3-24,29-30,37-38H2,1-2H3. The molecule has 0 saturated heterocycles. The average molecular weight is 555 g/mol. The minimum absolute atomic E-state index is 0.470. The summed E-state index contributed by atoms with van der Waals surface area (Å²) in [5.74, 6) is 1.82. The molecule has 0 bridgehead atoms. The zero-order valence-electron chi connectivity index (χ0n) is 26.3. The fourth-order valence-electron chi connectivity index (χ4n) is 5.53. The molecule has 2 aromatic carbocycles. The van der Waals surface area contributed by atoms with E-state index in [1.807, 2.05) is 0 Å². The van der Waals surface area contributed by atoms with Crippen LogP contribution in [0.25, 0.3) is 10.8 Å². The third kappa shape index (κ3) is 14.2. The molecule has 0 unspecified atom stereocenters. The molecule has 0 amide bonds. The molecule has 2 aromatic rings. The van der Waals surface area contributed by atoms with Gasteiger partial charge in [0, 0.05) is 24.2 Å². The minimum atomic E-state index is 0.470. The highest BCUT2D eigenvalue weighted by Gasteiger charge is 2.10. The van der Waals surface area contributed by atoms with Crippen molar-refractivity contribution in [1.29, 1.82) is 0 Å². The van der Waals surface area contributed by atoms with Crippen LogP contribution in [0.4, 0.5) is 0 Å². The summed E-state index contributed by atoms with van der Waals surface area (Å²) in [6.45, 7) is 6.99. The predicted octanol–water partition coefficient (Wildman–Crippen LogP) is 10.4. The molecule has 0 fully saturated rings. The van der Waals surface area contributed by atoms with Gasteiger partial charge in [0.2, 0.25) is 0 Å². The van der Waals surface area contributed by atoms with E-state index in [-0.39, 0.29) is 0 Å². The van der Waals surface area contributed by atoms with E-state index in [0.717, 1.165) is 59.5 Å². The number of hydrogen-bond donors (Lipinski definition) is 2. The first kappa shape index (κ1) is 34.4. The van der Waals surface area contributed by atoms with Crippen molar-refractivity contribution in [3.8, 4) is 11.5 Å². The lowest BCUT2D eigenvalue weighted by atomic mass is 10.0. The van der Waals surface area contributed by atoms with Crippen molar-refractivity contribution < 1.29 is 9.47 Å². The molecule has 4 nitrogen and oxygen atoms in total. The van der Waals surface area contributed by atoms with Crippen LogP contribution in [0.5, 0.6) is 11.5 Å². The summed E-state index contributed by atoms with van der Waals surface area (Å²) in [7, 11) is 0. The number of ether oxygens (including phenoxy) is 2. The van der Waals surface area contributed by atoms with E-state index in [1.54, 1.807) is 0 Å². The molecule has 0 radical (unpaired) electrons. The Morgan fingerprint density at radius 3 is 1.05 bits per heavy atom. The predicted molar refractivity (Wildman–Crippen MR) is 174 cm³/mol. The van der Waals surface area contributed by atoms with Crippen molar-refractivity contribution in [2.75, 3.05) is 13.2 Å². The smallest absolute Gasteiger partial charge is 0.124 e. The van der Waals surface area contributed by atoms with Crippen LogP contribution < -0.4 is 20.9 Å². The maximum Gasteiger partial charge on any atom is 0.124 e. The Kier molecular flexibility index (Phi) is 19.7. The van der Waals surface area contributed by atoms with Crippen molar-refractivity contribution >= 4 is 10.8 Å². The van der Waals surface area contributed by atoms with Crippen LogP contribution in [0.15, 0.2) is 24.3 Å². The van der Waals surface area contributed by atoms with Gasteiger partial charge in [-0.1, -0.05) is 129 Å². The van der Waals surface area contributed by atoms with Crippen molar-refractivity contribution in [2.24, 2.45) is 11.5 Å². The highest BCUT2D eigenvalue weighted by molar-refractivity contribution is 5.87. The fourth-order valence-corrected chi connectivity index (χ4v) is 5.53. The van der Waals surface area contributed by atoms with E-state index in [1.165, 1.54) is 116 Å². The largest absolute Gasteiger partial charge is 0.493 e. The highest BCUT2D eigenvalue weighted by Crippen LogP contribution is 2.32. The molecule has 0 aliphatic rings. The molecule has 0 aliphatic carbocycles. The fraction of sp³-hybridized carbons (Fsp3) is 0.722. The summed E-state index contributed by atoms with van der Waals surface area (Å²) < 4.78 is 12.5. The first-order valence-electron chi connectivity index (χ1n) is 17.0. The van der Waals surface area contributed by atoms with E-state index in [9.17, 15) is 0 Å². The summed E-state index contributed by atoms with van der Waals surface area (Å²) in [6, 6.07) is 8.60. The number of benzene rings is 2. The van der Waals surface area contributed by atoms with Crippen LogP contribution in [-0.4, -0.2) is 13.2 Å². The average Bonchev–Trinajstić information content (AvgIpc) is 2.97. The van der Waals surface area contributed by atoms with Gasteiger partial charge in [-0.05, 0) is 47.9 Å². The van der Waals surface area contributed by atoms with E-state index < -0.39 is 0 Å². The van der Waals surface area contributed by atoms with Crippen LogP contribution in [0.3, 0.4) is 0 Å². The van der Waals surface area contributed by atoms with Gasteiger partial charge < -0.3 is 20.9 Å². The Morgan fingerprint density at radius 1 is 0.425 bits per heavy atom. The third-order valence-electron chi connectivity index (χ3n) is 8.15. The Hall–Kier alpha value is -1.78. The highest BCUT2D eigenvalue weighted by atomic mass is 16.5. The lowest BCUT2D eigenvalue weighted by Gasteiger charge is -2.15. The van der Waals surface area contributed by atoms with Gasteiger partial charge in [-0.25, -0.2) is 0 Å². The van der Waals surface area contributed by atoms with E-state index >= 15 is 0 Å². The van der Waals surface area contributed by atoms with Gasteiger partial charge in [0.1, 0.15) is 11.5 Å². The Morgan fingerprint density at radius 2 is 0.725 bits per heavy atom. The summed E-state index contributed by atoms with van der Waals surface area (Å²) in [5, 5.41) is 2.28. The number of fused-ring (bicyclic) bond motifs is 1. The Labute approximate surface area is 247 Å². The van der Waals surface area contributed by atoms with Crippen molar-refractivity contribution in [2.45, 2.75) is 155 Å². The number of nitrogens with two attached hydrogens (primary N) is 2. The van der Waals surface area contributed by atoms with Crippen LogP contribution >= 0.6 is 0 Å². The van der Waals surface area contributed by atoms with Gasteiger partial charge in [0.05, 0.1) is 13.2 Å². The third-order valence-corrected chi connectivity index (χ3v) is 8.15. The molecule has 4 N–H and O–H groups in total. The molecule has 0 saturated carbocycles. The molecule has 228 valence electrons. The number of hydrogen-bond acceptors (Lipinski definition) is 4. The molecule has 0 spiro atoms. The molecule has 4 heteroatoms. The van der Waals surface area contributed by atoms with Gasteiger partial charge in [0.15, 0.2) is 0 Å². The Bertz CT molecular complexity index is 829. The monoisotopic (exact) mass is 554 g/mol. The maximum atomic E-state index is 6.23. The lowest BCUT2D eigenvalue weighted by Crippen LogP contribution is -2.06.